The SMILES string of the molecule is COc1ccccc1SCCNC(=O)C(C)(C)Sc1ccc(C(F)(F)F)cn1. The van der Waals surface area contributed by atoms with Crippen LogP contribution >= 0.6 is 23.5 Å². The highest BCUT2D eigenvalue weighted by molar-refractivity contribution is 8.01. The van der Waals surface area contributed by atoms with Crippen molar-refractivity contribution >= 4 is 29.4 Å². The second-order valence-corrected chi connectivity index (χ2v) is 9.03. The maximum absolute atomic E-state index is 12.6. The molecule has 28 heavy (non-hydrogen) atoms. The minimum atomic E-state index is -4.43. The van der Waals surface area contributed by atoms with Gasteiger partial charge in [0.1, 0.15) is 5.75 Å². The van der Waals surface area contributed by atoms with E-state index in [1.807, 2.05) is 24.3 Å². The average Bonchev–Trinajstić information content (AvgIpc) is 2.64. The van der Waals surface area contributed by atoms with Crippen molar-refractivity contribution in [3.05, 3.63) is 48.2 Å². The molecule has 0 aliphatic carbocycles. The van der Waals surface area contributed by atoms with Crippen molar-refractivity contribution in [1.29, 1.82) is 0 Å². The van der Waals surface area contributed by atoms with Crippen LogP contribution in [0.5, 0.6) is 5.75 Å². The van der Waals surface area contributed by atoms with Crippen LogP contribution in [0.2, 0.25) is 0 Å². The fraction of sp³-hybridized carbons (Fsp3) is 0.368. The number of aromatic nitrogens is 1. The van der Waals surface area contributed by atoms with Gasteiger partial charge in [-0.25, -0.2) is 4.98 Å². The van der Waals surface area contributed by atoms with Gasteiger partial charge in [-0.15, -0.1) is 11.8 Å². The average molecular weight is 431 g/mol. The van der Waals surface area contributed by atoms with Crippen LogP contribution in [-0.2, 0) is 11.0 Å². The molecular formula is C19H21F3N2O2S2. The number of carbonyl (C=O) groups is 1. The molecule has 9 heteroatoms. The van der Waals surface area contributed by atoms with Crippen molar-refractivity contribution in [2.45, 2.75) is 34.7 Å². The van der Waals surface area contributed by atoms with Gasteiger partial charge in [0, 0.05) is 23.4 Å². The van der Waals surface area contributed by atoms with Crippen LogP contribution in [0.1, 0.15) is 19.4 Å². The van der Waals surface area contributed by atoms with Crippen molar-refractivity contribution in [3.8, 4) is 5.75 Å². The van der Waals surface area contributed by atoms with E-state index < -0.39 is 16.5 Å². The van der Waals surface area contributed by atoms with Gasteiger partial charge >= 0.3 is 6.18 Å². The lowest BCUT2D eigenvalue weighted by atomic mass is 10.2. The monoisotopic (exact) mass is 430 g/mol. The van der Waals surface area contributed by atoms with Gasteiger partial charge in [-0.3, -0.25) is 4.79 Å². The third-order valence-electron chi connectivity index (χ3n) is 3.68. The maximum Gasteiger partial charge on any atom is 0.417 e. The molecule has 0 atom stereocenters. The Morgan fingerprint density at radius 2 is 1.89 bits per heavy atom. The molecule has 4 nitrogen and oxygen atoms in total. The minimum Gasteiger partial charge on any atom is -0.496 e. The molecule has 1 N–H and O–H groups in total. The first kappa shape index (κ1) is 22.4. The molecule has 2 aromatic rings. The van der Waals surface area contributed by atoms with E-state index in [1.165, 1.54) is 6.07 Å². The number of ether oxygens (including phenoxy) is 1. The molecule has 0 saturated carbocycles. The lowest BCUT2D eigenvalue weighted by Gasteiger charge is -2.22. The summed E-state index contributed by atoms with van der Waals surface area (Å²) < 4.78 is 42.2. The number of rotatable bonds is 8. The van der Waals surface area contributed by atoms with Gasteiger partial charge in [0.2, 0.25) is 5.91 Å². The highest BCUT2D eigenvalue weighted by Gasteiger charge is 2.32. The van der Waals surface area contributed by atoms with Crippen molar-refractivity contribution in [2.24, 2.45) is 0 Å². The zero-order chi connectivity index (χ0) is 20.8. The highest BCUT2D eigenvalue weighted by atomic mass is 32.2. The summed E-state index contributed by atoms with van der Waals surface area (Å²) in [4.78, 5) is 17.3. The summed E-state index contributed by atoms with van der Waals surface area (Å²) >= 11 is 2.68. The van der Waals surface area contributed by atoms with Crippen LogP contribution in [0.4, 0.5) is 13.2 Å². The number of para-hydroxylation sites is 1. The number of nitrogens with zero attached hydrogens (tertiary/aromatic N) is 1. The van der Waals surface area contributed by atoms with Gasteiger partial charge in [-0.1, -0.05) is 23.9 Å². The van der Waals surface area contributed by atoms with Crippen LogP contribution in [0.15, 0.2) is 52.5 Å². The quantitative estimate of drug-likeness (QED) is 0.477. The summed E-state index contributed by atoms with van der Waals surface area (Å²) in [5.41, 5.74) is -0.813. The molecule has 152 valence electrons. The second kappa shape index (κ2) is 9.56. The van der Waals surface area contributed by atoms with Crippen LogP contribution in [0.3, 0.4) is 0 Å². The molecule has 1 amide bonds. The third kappa shape index (κ3) is 6.34. The molecule has 2 rings (SSSR count). The first-order valence-corrected chi connectivity index (χ1v) is 10.2. The summed E-state index contributed by atoms with van der Waals surface area (Å²) in [6, 6.07) is 9.87. The predicted molar refractivity (Wildman–Crippen MR) is 106 cm³/mol. The summed E-state index contributed by atoms with van der Waals surface area (Å²) in [7, 11) is 1.61. The van der Waals surface area contributed by atoms with Crippen LogP contribution in [0.25, 0.3) is 0 Å². The molecule has 0 aliphatic heterocycles. The first-order chi connectivity index (χ1) is 13.1. The van der Waals surface area contributed by atoms with Gasteiger partial charge in [-0.05, 0) is 38.1 Å². The number of benzene rings is 1. The zero-order valence-electron chi connectivity index (χ0n) is 15.7. The largest absolute Gasteiger partial charge is 0.496 e. The topological polar surface area (TPSA) is 51.2 Å². The molecule has 1 aromatic heterocycles. The number of halogens is 3. The van der Waals surface area contributed by atoms with Crippen LogP contribution in [-0.4, -0.2) is 35.0 Å². The van der Waals surface area contributed by atoms with Crippen molar-refractivity contribution in [2.75, 3.05) is 19.4 Å². The van der Waals surface area contributed by atoms with Crippen LogP contribution < -0.4 is 10.1 Å². The van der Waals surface area contributed by atoms with Gasteiger partial charge in [-0.2, -0.15) is 13.2 Å². The normalized spacial score (nSPS) is 11.9. The molecule has 0 radical (unpaired) electrons. The number of carbonyl (C=O) groups excluding carboxylic acids is 1. The van der Waals surface area contributed by atoms with Crippen molar-refractivity contribution in [1.82, 2.24) is 10.3 Å². The van der Waals surface area contributed by atoms with Gasteiger partial charge in [0.25, 0.3) is 0 Å². The Morgan fingerprint density at radius 3 is 2.50 bits per heavy atom. The van der Waals surface area contributed by atoms with E-state index >= 15 is 0 Å². The number of methoxy groups -OCH3 is 1. The lowest BCUT2D eigenvalue weighted by Crippen LogP contribution is -2.40. The van der Waals surface area contributed by atoms with E-state index in [1.54, 1.807) is 32.7 Å². The summed E-state index contributed by atoms with van der Waals surface area (Å²) in [5.74, 6) is 1.23. The zero-order valence-corrected chi connectivity index (χ0v) is 17.3. The number of hydrogen-bond donors (Lipinski definition) is 1. The Bertz CT molecular complexity index is 797. The molecule has 0 aliphatic rings. The molecule has 0 fully saturated rings. The van der Waals surface area contributed by atoms with Crippen molar-refractivity contribution < 1.29 is 22.7 Å². The van der Waals surface area contributed by atoms with E-state index in [9.17, 15) is 18.0 Å². The van der Waals surface area contributed by atoms with Gasteiger partial charge in [0.15, 0.2) is 0 Å². The summed E-state index contributed by atoms with van der Waals surface area (Å²) in [5, 5.41) is 3.22. The molecule has 0 unspecified atom stereocenters. The maximum atomic E-state index is 12.6. The number of nitrogens with one attached hydrogen (secondary N) is 1. The predicted octanol–water partition coefficient (Wildman–Crippen LogP) is 4.89. The van der Waals surface area contributed by atoms with E-state index in [-0.39, 0.29) is 5.91 Å². The highest BCUT2D eigenvalue weighted by Crippen LogP contribution is 2.34. The molecule has 0 bridgehead atoms. The molecule has 1 heterocycles. The summed E-state index contributed by atoms with van der Waals surface area (Å²) in [6.07, 6.45) is -3.65. The van der Waals surface area contributed by atoms with Gasteiger partial charge in [0.05, 0.1) is 22.4 Å². The second-order valence-electron chi connectivity index (χ2n) is 6.25. The lowest BCUT2D eigenvalue weighted by molar-refractivity contribution is -0.137. The Hall–Kier alpha value is -1.87. The molecule has 0 spiro atoms. The Kier molecular flexibility index (Phi) is 7.65. The number of amides is 1. The molecule has 0 saturated heterocycles. The Labute approximate surface area is 170 Å². The van der Waals surface area contributed by atoms with E-state index in [0.717, 1.165) is 34.7 Å². The Morgan fingerprint density at radius 1 is 1.18 bits per heavy atom. The number of thioether (sulfide) groups is 2. The number of hydrogen-bond acceptors (Lipinski definition) is 5. The van der Waals surface area contributed by atoms with E-state index in [4.69, 9.17) is 4.74 Å². The number of alkyl halides is 3. The Balaban J connectivity index is 1.85. The van der Waals surface area contributed by atoms with E-state index in [0.29, 0.717) is 17.3 Å². The summed E-state index contributed by atoms with van der Waals surface area (Å²) in [6.45, 7) is 3.87. The fourth-order valence-corrected chi connectivity index (χ4v) is 4.01. The first-order valence-electron chi connectivity index (χ1n) is 8.40. The fourth-order valence-electron chi connectivity index (χ4n) is 2.19. The molecular weight excluding hydrogens is 409 g/mol. The smallest absolute Gasteiger partial charge is 0.417 e. The molecule has 1 aromatic carbocycles. The van der Waals surface area contributed by atoms with Crippen molar-refractivity contribution in [3.63, 3.8) is 0 Å². The van der Waals surface area contributed by atoms with Gasteiger partial charge < -0.3 is 10.1 Å². The number of pyridine rings is 1. The van der Waals surface area contributed by atoms with E-state index in [2.05, 4.69) is 10.3 Å². The standard InChI is InChI=1S/C19H21F3N2O2S2/c1-18(2,28-16-9-8-13(12-24-16)19(20,21)22)17(25)23-10-11-27-15-7-5-4-6-14(15)26-3/h4-9,12H,10-11H2,1-3H3,(H,23,25). The third-order valence-corrected chi connectivity index (χ3v) is 5.89. The van der Waals surface area contributed by atoms with Crippen LogP contribution in [0, 0.1) is 0 Å². The minimum absolute atomic E-state index is 0.208.